The van der Waals surface area contributed by atoms with Crippen LogP contribution in [0.25, 0.3) is 5.57 Å². The molecule has 0 aliphatic heterocycles. The summed E-state index contributed by atoms with van der Waals surface area (Å²) in [4.78, 5) is 3.13. The van der Waals surface area contributed by atoms with Crippen LogP contribution in [0, 0.1) is 12.8 Å². The van der Waals surface area contributed by atoms with Crippen LogP contribution in [0.1, 0.15) is 54.0 Å². The molecule has 0 saturated carbocycles. The van der Waals surface area contributed by atoms with Crippen LogP contribution >= 0.6 is 11.3 Å². The molecule has 88 valence electrons. The van der Waals surface area contributed by atoms with E-state index in [9.17, 15) is 0 Å². The summed E-state index contributed by atoms with van der Waals surface area (Å²) >= 11 is 2.01. The van der Waals surface area contributed by atoms with Crippen molar-refractivity contribution < 1.29 is 0 Å². The molecule has 1 heterocycles. The highest BCUT2D eigenvalue weighted by Crippen LogP contribution is 2.39. The van der Waals surface area contributed by atoms with Gasteiger partial charge in [-0.2, -0.15) is 0 Å². The van der Waals surface area contributed by atoms with Crippen molar-refractivity contribution in [2.75, 3.05) is 0 Å². The number of rotatable bonds is 3. The molecule has 1 aliphatic carbocycles. The van der Waals surface area contributed by atoms with Gasteiger partial charge in [-0.15, -0.1) is 11.3 Å². The zero-order valence-corrected chi connectivity index (χ0v) is 11.5. The van der Waals surface area contributed by atoms with E-state index in [2.05, 4.69) is 27.4 Å². The second kappa shape index (κ2) is 4.75. The number of fused-ring (bicyclic) bond motifs is 1. The summed E-state index contributed by atoms with van der Waals surface area (Å²) in [7, 11) is 0. The van der Waals surface area contributed by atoms with E-state index in [0.717, 1.165) is 5.92 Å². The molecule has 2 rings (SSSR count). The van der Waals surface area contributed by atoms with E-state index >= 15 is 0 Å². The Kier molecular flexibility index (Phi) is 3.53. The fourth-order valence-corrected chi connectivity index (χ4v) is 4.42. The molecule has 0 spiro atoms. The smallest absolute Gasteiger partial charge is 0.00948 e. The molecular weight excluding hydrogens is 212 g/mol. The second-order valence-corrected chi connectivity index (χ2v) is 6.42. The summed E-state index contributed by atoms with van der Waals surface area (Å²) in [6, 6.07) is 0. The maximum atomic E-state index is 4.13. The summed E-state index contributed by atoms with van der Waals surface area (Å²) in [5.41, 5.74) is 4.36. The lowest BCUT2D eigenvalue weighted by Crippen LogP contribution is -2.12. The van der Waals surface area contributed by atoms with Crippen molar-refractivity contribution in [1.29, 1.82) is 0 Å². The molecule has 16 heavy (non-hydrogen) atoms. The van der Waals surface area contributed by atoms with Gasteiger partial charge in [-0.3, -0.25) is 0 Å². The Morgan fingerprint density at radius 2 is 2.25 bits per heavy atom. The number of aryl methyl sites for hydroxylation is 1. The third kappa shape index (κ3) is 2.10. The first kappa shape index (κ1) is 11.9. The minimum atomic E-state index is 0.938. The van der Waals surface area contributed by atoms with E-state index in [4.69, 9.17) is 0 Å². The average molecular weight is 234 g/mol. The van der Waals surface area contributed by atoms with Crippen molar-refractivity contribution in [3.05, 3.63) is 27.5 Å². The van der Waals surface area contributed by atoms with Crippen molar-refractivity contribution in [3.8, 4) is 0 Å². The summed E-state index contributed by atoms with van der Waals surface area (Å²) in [6.07, 6.45) is 6.72. The summed E-state index contributed by atoms with van der Waals surface area (Å²) in [5, 5.41) is 0. The zero-order chi connectivity index (χ0) is 11.7. The summed E-state index contributed by atoms with van der Waals surface area (Å²) in [6.45, 7) is 10.8. The average Bonchev–Trinajstić information content (AvgIpc) is 2.53. The van der Waals surface area contributed by atoms with Gasteiger partial charge in [-0.05, 0) is 55.7 Å². The molecule has 1 aromatic heterocycles. The van der Waals surface area contributed by atoms with Crippen LogP contribution < -0.4 is 0 Å². The first-order chi connectivity index (χ1) is 7.63. The van der Waals surface area contributed by atoms with Gasteiger partial charge in [0.2, 0.25) is 0 Å². The maximum Gasteiger partial charge on any atom is 0.00948 e. The third-order valence-corrected chi connectivity index (χ3v) is 4.84. The molecule has 0 bridgehead atoms. The highest BCUT2D eigenvalue weighted by molar-refractivity contribution is 7.12. The number of hydrogen-bond acceptors (Lipinski definition) is 1. The van der Waals surface area contributed by atoms with Crippen LogP contribution in [-0.4, -0.2) is 0 Å². The van der Waals surface area contributed by atoms with Crippen molar-refractivity contribution in [2.45, 2.75) is 52.9 Å². The zero-order valence-electron chi connectivity index (χ0n) is 10.7. The van der Waals surface area contributed by atoms with Crippen molar-refractivity contribution in [2.24, 2.45) is 5.92 Å². The van der Waals surface area contributed by atoms with Gasteiger partial charge in [0, 0.05) is 9.75 Å². The molecule has 0 aromatic carbocycles. The van der Waals surface area contributed by atoms with Gasteiger partial charge in [-0.1, -0.05) is 26.3 Å². The van der Waals surface area contributed by atoms with Gasteiger partial charge < -0.3 is 0 Å². The normalized spacial score (nSPS) is 19.6. The van der Waals surface area contributed by atoms with Gasteiger partial charge in [0.25, 0.3) is 0 Å². The highest BCUT2D eigenvalue weighted by Gasteiger charge is 2.23. The Morgan fingerprint density at radius 3 is 2.88 bits per heavy atom. The lowest BCUT2D eigenvalue weighted by Gasteiger charge is -2.22. The van der Waals surface area contributed by atoms with E-state index in [1.54, 1.807) is 10.4 Å². The number of thiophene rings is 1. The Morgan fingerprint density at radius 1 is 1.50 bits per heavy atom. The fraction of sp³-hybridized carbons (Fsp3) is 0.600. The van der Waals surface area contributed by atoms with E-state index in [1.807, 2.05) is 11.3 Å². The first-order valence-electron chi connectivity index (χ1n) is 6.40. The van der Waals surface area contributed by atoms with Gasteiger partial charge in [-0.25, -0.2) is 0 Å². The van der Waals surface area contributed by atoms with Crippen molar-refractivity contribution in [3.63, 3.8) is 0 Å². The minimum absolute atomic E-state index is 0.938. The first-order valence-corrected chi connectivity index (χ1v) is 7.22. The molecule has 0 fully saturated rings. The van der Waals surface area contributed by atoms with Gasteiger partial charge in [0.1, 0.15) is 0 Å². The van der Waals surface area contributed by atoms with Crippen LogP contribution in [-0.2, 0) is 12.8 Å². The van der Waals surface area contributed by atoms with Gasteiger partial charge in [0.05, 0.1) is 0 Å². The van der Waals surface area contributed by atoms with E-state index in [1.165, 1.54) is 48.1 Å². The van der Waals surface area contributed by atoms with Crippen LogP contribution in [0.4, 0.5) is 0 Å². The monoisotopic (exact) mass is 234 g/mol. The Hall–Kier alpha value is -0.560. The SMILES string of the molecule is C=C(C)c1c(C)sc2c1CCC(CCC)C2. The van der Waals surface area contributed by atoms with Gasteiger partial charge in [0.15, 0.2) is 0 Å². The van der Waals surface area contributed by atoms with Crippen molar-refractivity contribution >= 4 is 16.9 Å². The second-order valence-electron chi connectivity index (χ2n) is 5.11. The molecule has 0 saturated heterocycles. The standard InChI is InChI=1S/C15H22S/c1-5-6-12-7-8-13-14(9-12)16-11(4)15(13)10(2)3/h12H,2,5-9H2,1,3-4H3. The molecule has 1 aliphatic rings. The Balaban J connectivity index is 2.28. The molecule has 1 heteroatoms. The third-order valence-electron chi connectivity index (χ3n) is 3.67. The number of hydrogen-bond donors (Lipinski definition) is 0. The van der Waals surface area contributed by atoms with E-state index in [0.29, 0.717) is 0 Å². The predicted molar refractivity (Wildman–Crippen MR) is 74.2 cm³/mol. The topological polar surface area (TPSA) is 0 Å². The molecule has 0 amide bonds. The van der Waals surface area contributed by atoms with E-state index in [-0.39, 0.29) is 0 Å². The summed E-state index contributed by atoms with van der Waals surface area (Å²) in [5.74, 6) is 0.938. The highest BCUT2D eigenvalue weighted by atomic mass is 32.1. The molecule has 1 atom stereocenters. The number of allylic oxidation sites excluding steroid dienone is 1. The molecule has 1 aromatic rings. The van der Waals surface area contributed by atoms with Crippen LogP contribution in [0.2, 0.25) is 0 Å². The van der Waals surface area contributed by atoms with Gasteiger partial charge >= 0.3 is 0 Å². The molecule has 0 nitrogen and oxygen atoms in total. The summed E-state index contributed by atoms with van der Waals surface area (Å²) < 4.78 is 0. The van der Waals surface area contributed by atoms with Crippen LogP contribution in [0.5, 0.6) is 0 Å². The van der Waals surface area contributed by atoms with Crippen LogP contribution in [0.3, 0.4) is 0 Å². The lowest BCUT2D eigenvalue weighted by molar-refractivity contribution is 0.427. The lowest BCUT2D eigenvalue weighted by atomic mass is 9.83. The maximum absolute atomic E-state index is 4.13. The van der Waals surface area contributed by atoms with Crippen LogP contribution in [0.15, 0.2) is 6.58 Å². The Bertz CT molecular complexity index is 398. The molecular formula is C15H22S. The van der Waals surface area contributed by atoms with E-state index < -0.39 is 0 Å². The predicted octanol–water partition coefficient (Wildman–Crippen LogP) is 4.99. The minimum Gasteiger partial charge on any atom is -0.145 e. The quantitative estimate of drug-likeness (QED) is 0.691. The van der Waals surface area contributed by atoms with Crippen molar-refractivity contribution in [1.82, 2.24) is 0 Å². The molecule has 0 N–H and O–H groups in total. The molecule has 0 radical (unpaired) electrons. The Labute approximate surface area is 103 Å². The fourth-order valence-electron chi connectivity index (χ4n) is 3.00. The molecule has 1 unspecified atom stereocenters. The largest absolute Gasteiger partial charge is 0.145 e.